The number of esters is 1. The molecule has 0 saturated heterocycles. The maximum atomic E-state index is 13.0. The van der Waals surface area contributed by atoms with Crippen molar-refractivity contribution in [2.75, 3.05) is 20.8 Å². The predicted octanol–water partition coefficient (Wildman–Crippen LogP) is 5.50. The third kappa shape index (κ3) is 8.28. The molecule has 2 atom stereocenters. The number of benzene rings is 1. The molecular formula is C25H30F3NO5. The smallest absolute Gasteiger partial charge is 0.416 e. The molecule has 0 heterocycles. The lowest BCUT2D eigenvalue weighted by atomic mass is 9.87. The number of halogens is 3. The second-order valence-electron chi connectivity index (χ2n) is 8.81. The Labute approximate surface area is 197 Å². The molecular weight excluding hydrogens is 451 g/mol. The molecule has 1 aromatic rings. The monoisotopic (exact) mass is 481 g/mol. The number of hydrogen-bond acceptors (Lipinski definition) is 5. The van der Waals surface area contributed by atoms with E-state index >= 15 is 0 Å². The molecule has 2 rings (SSSR count). The Hall–Kier alpha value is -3.23. The van der Waals surface area contributed by atoms with E-state index in [1.807, 2.05) is 12.2 Å². The summed E-state index contributed by atoms with van der Waals surface area (Å²) in [6.45, 7) is 5.40. The highest BCUT2D eigenvalue weighted by Gasteiger charge is 2.31. The van der Waals surface area contributed by atoms with Gasteiger partial charge in [-0.15, -0.1) is 0 Å². The molecule has 1 aliphatic rings. The summed E-state index contributed by atoms with van der Waals surface area (Å²) >= 11 is 0. The second-order valence-corrected chi connectivity index (χ2v) is 8.81. The van der Waals surface area contributed by atoms with Gasteiger partial charge in [0, 0.05) is 31.0 Å². The summed E-state index contributed by atoms with van der Waals surface area (Å²) in [5.41, 5.74) is -1.01. The van der Waals surface area contributed by atoms with Crippen molar-refractivity contribution in [2.45, 2.75) is 39.1 Å². The van der Waals surface area contributed by atoms with Crippen LogP contribution in [0.1, 0.15) is 31.9 Å². The van der Waals surface area contributed by atoms with E-state index in [1.54, 1.807) is 32.9 Å². The van der Waals surface area contributed by atoms with Gasteiger partial charge in [-0.05, 0) is 50.6 Å². The van der Waals surface area contributed by atoms with E-state index in [1.165, 1.54) is 37.3 Å². The van der Waals surface area contributed by atoms with Crippen LogP contribution in [-0.4, -0.2) is 43.3 Å². The summed E-state index contributed by atoms with van der Waals surface area (Å²) in [4.78, 5) is 26.0. The van der Waals surface area contributed by atoms with E-state index in [2.05, 4.69) is 4.74 Å². The number of rotatable bonds is 7. The Kier molecular flexibility index (Phi) is 8.95. The molecule has 9 heteroatoms. The van der Waals surface area contributed by atoms with Crippen LogP contribution in [0.5, 0.6) is 0 Å². The van der Waals surface area contributed by atoms with Crippen molar-refractivity contribution in [3.8, 4) is 0 Å². The van der Waals surface area contributed by atoms with Crippen molar-refractivity contribution in [3.63, 3.8) is 0 Å². The van der Waals surface area contributed by atoms with Gasteiger partial charge in [0.1, 0.15) is 11.4 Å². The molecule has 0 fully saturated rings. The lowest BCUT2D eigenvalue weighted by molar-refractivity contribution is -0.137. The molecule has 0 bridgehead atoms. The quantitative estimate of drug-likeness (QED) is 0.380. The fraction of sp³-hybridized carbons (Fsp3) is 0.440. The first-order chi connectivity index (χ1) is 15.8. The molecule has 1 amide bonds. The molecule has 0 radical (unpaired) electrons. The van der Waals surface area contributed by atoms with Crippen molar-refractivity contribution in [1.29, 1.82) is 0 Å². The first-order valence-electron chi connectivity index (χ1n) is 10.7. The Balaban J connectivity index is 2.32. The number of nitrogens with zero attached hydrogens (tertiary/aromatic N) is 1. The van der Waals surface area contributed by atoms with Gasteiger partial charge in [-0.1, -0.05) is 24.3 Å². The molecule has 6 nitrogen and oxygen atoms in total. The van der Waals surface area contributed by atoms with Gasteiger partial charge in [0.25, 0.3) is 0 Å². The van der Waals surface area contributed by atoms with E-state index in [-0.39, 0.29) is 24.9 Å². The molecule has 0 saturated carbocycles. The number of ether oxygens (including phenoxy) is 3. The summed E-state index contributed by atoms with van der Waals surface area (Å²) in [5, 5.41) is 0. The van der Waals surface area contributed by atoms with Gasteiger partial charge in [0.15, 0.2) is 0 Å². The van der Waals surface area contributed by atoms with Crippen LogP contribution in [0, 0.1) is 11.8 Å². The molecule has 1 aliphatic carbocycles. The highest BCUT2D eigenvalue weighted by atomic mass is 19.4. The Morgan fingerprint density at radius 3 is 2.26 bits per heavy atom. The first kappa shape index (κ1) is 27.0. The lowest BCUT2D eigenvalue weighted by Crippen LogP contribution is -2.40. The summed E-state index contributed by atoms with van der Waals surface area (Å²) in [6, 6.07) is 4.64. The average molecular weight is 482 g/mol. The van der Waals surface area contributed by atoms with E-state index in [0.29, 0.717) is 11.3 Å². The number of methoxy groups -OCH3 is 2. The zero-order valence-electron chi connectivity index (χ0n) is 19.9. The predicted molar refractivity (Wildman–Crippen MR) is 120 cm³/mol. The van der Waals surface area contributed by atoms with Crippen LogP contribution in [0.25, 0.3) is 0 Å². The van der Waals surface area contributed by atoms with Crippen LogP contribution in [0.2, 0.25) is 0 Å². The number of alkyl halides is 3. The molecule has 1 aromatic carbocycles. The van der Waals surface area contributed by atoms with Gasteiger partial charge in [0.2, 0.25) is 0 Å². The largest absolute Gasteiger partial charge is 0.497 e. The van der Waals surface area contributed by atoms with Crippen LogP contribution in [0.3, 0.4) is 0 Å². The zero-order chi connectivity index (χ0) is 25.5. The number of allylic oxidation sites excluding steroid dienone is 3. The van der Waals surface area contributed by atoms with Crippen molar-refractivity contribution in [1.82, 2.24) is 4.90 Å². The highest BCUT2D eigenvalue weighted by Crippen LogP contribution is 2.30. The molecule has 0 aromatic heterocycles. The van der Waals surface area contributed by atoms with Gasteiger partial charge in [0.05, 0.1) is 19.8 Å². The lowest BCUT2D eigenvalue weighted by Gasteiger charge is -2.32. The van der Waals surface area contributed by atoms with Crippen molar-refractivity contribution in [2.24, 2.45) is 11.8 Å². The summed E-state index contributed by atoms with van der Waals surface area (Å²) < 4.78 is 54.3. The van der Waals surface area contributed by atoms with Crippen molar-refractivity contribution < 1.29 is 37.0 Å². The minimum atomic E-state index is -4.45. The van der Waals surface area contributed by atoms with Crippen molar-refractivity contribution in [3.05, 3.63) is 71.5 Å². The Morgan fingerprint density at radius 1 is 1.09 bits per heavy atom. The molecule has 186 valence electrons. The number of amides is 1. The third-order valence-corrected chi connectivity index (χ3v) is 4.98. The van der Waals surface area contributed by atoms with Gasteiger partial charge in [-0.25, -0.2) is 9.59 Å². The fourth-order valence-electron chi connectivity index (χ4n) is 3.31. The number of carbonyl (C=O) groups is 2. The van der Waals surface area contributed by atoms with E-state index in [0.717, 1.165) is 12.1 Å². The average Bonchev–Trinajstić information content (AvgIpc) is 2.76. The van der Waals surface area contributed by atoms with Gasteiger partial charge in [-0.2, -0.15) is 13.2 Å². The summed E-state index contributed by atoms with van der Waals surface area (Å²) in [7, 11) is 2.80. The fourth-order valence-corrected chi connectivity index (χ4v) is 3.31. The van der Waals surface area contributed by atoms with Crippen LogP contribution < -0.4 is 0 Å². The first-order valence-corrected chi connectivity index (χ1v) is 10.7. The number of hydrogen-bond donors (Lipinski definition) is 0. The van der Waals surface area contributed by atoms with E-state index in [4.69, 9.17) is 9.47 Å². The summed E-state index contributed by atoms with van der Waals surface area (Å²) in [5.74, 6) is -0.466. The van der Waals surface area contributed by atoms with Crippen molar-refractivity contribution >= 4 is 12.1 Å². The number of carbonyl (C=O) groups excluding carboxylic acids is 2. The minimum absolute atomic E-state index is 0.0385. The molecule has 0 aliphatic heterocycles. The van der Waals surface area contributed by atoms with Gasteiger partial charge >= 0.3 is 18.2 Å². The normalized spacial score (nSPS) is 18.4. The van der Waals surface area contributed by atoms with Crippen LogP contribution >= 0.6 is 0 Å². The maximum Gasteiger partial charge on any atom is 0.416 e. The molecule has 0 spiro atoms. The van der Waals surface area contributed by atoms with E-state index in [9.17, 15) is 22.8 Å². The van der Waals surface area contributed by atoms with Gasteiger partial charge in [-0.3, -0.25) is 0 Å². The third-order valence-electron chi connectivity index (χ3n) is 4.98. The van der Waals surface area contributed by atoms with Crippen LogP contribution in [0.15, 0.2) is 60.4 Å². The topological polar surface area (TPSA) is 65.1 Å². The molecule has 34 heavy (non-hydrogen) atoms. The van der Waals surface area contributed by atoms with Crippen LogP contribution in [0.4, 0.5) is 18.0 Å². The zero-order valence-corrected chi connectivity index (χ0v) is 19.9. The summed E-state index contributed by atoms with van der Waals surface area (Å²) in [6.07, 6.45) is 3.35. The van der Waals surface area contributed by atoms with E-state index < -0.39 is 29.4 Å². The second kappa shape index (κ2) is 11.3. The Morgan fingerprint density at radius 2 is 1.74 bits per heavy atom. The molecule has 0 N–H and O–H groups in total. The van der Waals surface area contributed by atoms with Gasteiger partial charge < -0.3 is 19.1 Å². The minimum Gasteiger partial charge on any atom is -0.497 e. The SMILES string of the molecule is COC(=O)C=CC1C=CC(OC)=CC1CN(Cc1ccc(C(F)(F)F)cc1)C(=O)OC(C)(C)C. The molecule has 2 unspecified atom stereocenters. The Bertz CT molecular complexity index is 943. The maximum absolute atomic E-state index is 13.0. The van der Waals surface area contributed by atoms with Crippen LogP contribution in [-0.2, 0) is 31.7 Å². The standard InChI is InChI=1S/C25H30F3NO5/c1-24(2,3)34-23(31)29(15-17-6-10-20(11-7-17)25(26,27)28)16-19-14-21(32-4)12-8-18(19)9-13-22(30)33-5/h6-14,18-19H,15-16H2,1-5H3. The highest BCUT2D eigenvalue weighted by molar-refractivity contribution is 5.81.